The molecule has 0 bridgehead atoms. The van der Waals surface area contributed by atoms with Crippen LogP contribution in [-0.2, 0) is 0 Å². The second kappa shape index (κ2) is 6.66. The average molecular weight is 265 g/mol. The number of aliphatic hydroxyl groups excluding tert-OH is 1. The van der Waals surface area contributed by atoms with E-state index in [4.69, 9.17) is 0 Å². The van der Waals surface area contributed by atoms with Crippen LogP contribution in [0.1, 0.15) is 42.5 Å². The highest BCUT2D eigenvalue weighted by molar-refractivity contribution is 5.77. The van der Waals surface area contributed by atoms with Crippen LogP contribution < -0.4 is 4.90 Å². The van der Waals surface area contributed by atoms with Crippen LogP contribution in [0.4, 0.5) is 10.1 Å². The maximum atomic E-state index is 13.5. The molecule has 1 aromatic carbocycles. The molecule has 0 unspecified atom stereocenters. The van der Waals surface area contributed by atoms with Gasteiger partial charge in [-0.2, -0.15) is 0 Å². The van der Waals surface area contributed by atoms with Gasteiger partial charge in [-0.1, -0.05) is 19.3 Å². The second-order valence-electron chi connectivity index (χ2n) is 5.07. The number of anilines is 1. The van der Waals surface area contributed by atoms with Crippen molar-refractivity contribution in [2.75, 3.05) is 18.1 Å². The lowest BCUT2D eigenvalue weighted by molar-refractivity contribution is 0.112. The second-order valence-corrected chi connectivity index (χ2v) is 5.07. The topological polar surface area (TPSA) is 40.5 Å². The fourth-order valence-corrected chi connectivity index (χ4v) is 2.85. The number of nitrogens with zero attached hydrogens (tertiary/aromatic N) is 1. The Morgan fingerprint density at radius 1 is 1.26 bits per heavy atom. The van der Waals surface area contributed by atoms with Crippen molar-refractivity contribution >= 4 is 12.0 Å². The fraction of sp³-hybridized carbons (Fsp3) is 0.533. The number of hydrogen-bond acceptors (Lipinski definition) is 3. The normalized spacial score (nSPS) is 16.3. The molecule has 0 aliphatic heterocycles. The number of carbonyl (C=O) groups excluding carboxylic acids is 1. The first-order chi connectivity index (χ1) is 9.24. The van der Waals surface area contributed by atoms with E-state index in [9.17, 15) is 14.3 Å². The molecule has 0 amide bonds. The number of hydrogen-bond donors (Lipinski definition) is 1. The molecule has 4 heteroatoms. The van der Waals surface area contributed by atoms with Crippen LogP contribution in [0.2, 0.25) is 0 Å². The number of carbonyl (C=O) groups is 1. The first-order valence-corrected chi connectivity index (χ1v) is 6.88. The van der Waals surface area contributed by atoms with E-state index in [0.717, 1.165) is 12.8 Å². The largest absolute Gasteiger partial charge is 0.395 e. The molecule has 1 aromatic rings. The van der Waals surface area contributed by atoms with E-state index in [2.05, 4.69) is 0 Å². The predicted octanol–water partition coefficient (Wildman–Crippen LogP) is 2.77. The van der Waals surface area contributed by atoms with Gasteiger partial charge in [0.1, 0.15) is 12.1 Å². The third-order valence-corrected chi connectivity index (χ3v) is 3.73. The molecule has 0 atom stereocenters. The third kappa shape index (κ3) is 3.53. The number of rotatable bonds is 5. The average Bonchev–Trinajstić information content (AvgIpc) is 2.45. The van der Waals surface area contributed by atoms with E-state index in [0.29, 0.717) is 30.1 Å². The van der Waals surface area contributed by atoms with Crippen molar-refractivity contribution in [2.24, 2.45) is 0 Å². The van der Waals surface area contributed by atoms with Crippen molar-refractivity contribution in [3.05, 3.63) is 29.6 Å². The summed E-state index contributed by atoms with van der Waals surface area (Å²) in [7, 11) is 0. The Balaban J connectivity index is 2.26. The van der Waals surface area contributed by atoms with Crippen LogP contribution in [0.3, 0.4) is 0 Å². The van der Waals surface area contributed by atoms with Crippen molar-refractivity contribution in [2.45, 2.75) is 38.1 Å². The Labute approximate surface area is 113 Å². The molecule has 1 aliphatic rings. The van der Waals surface area contributed by atoms with Gasteiger partial charge in [-0.25, -0.2) is 4.39 Å². The molecule has 19 heavy (non-hydrogen) atoms. The zero-order valence-electron chi connectivity index (χ0n) is 11.0. The highest BCUT2D eigenvalue weighted by Gasteiger charge is 2.21. The standard InChI is InChI=1S/C15H20FNO2/c16-13-8-12(11-19)9-15(10-13)17(6-7-18)14-4-2-1-3-5-14/h8-11,14,18H,1-7H2. The monoisotopic (exact) mass is 265 g/mol. The van der Waals surface area contributed by atoms with Crippen molar-refractivity contribution in [3.63, 3.8) is 0 Å². The Hall–Kier alpha value is -1.42. The Morgan fingerprint density at radius 2 is 2.00 bits per heavy atom. The summed E-state index contributed by atoms with van der Waals surface area (Å²) in [6.45, 7) is 0.510. The highest BCUT2D eigenvalue weighted by atomic mass is 19.1. The minimum absolute atomic E-state index is 0.0312. The van der Waals surface area contributed by atoms with Gasteiger partial charge in [-0.15, -0.1) is 0 Å². The summed E-state index contributed by atoms with van der Waals surface area (Å²) in [6.07, 6.45) is 6.36. The van der Waals surface area contributed by atoms with Crippen molar-refractivity contribution in [1.82, 2.24) is 0 Å². The van der Waals surface area contributed by atoms with Gasteiger partial charge < -0.3 is 10.0 Å². The summed E-state index contributed by atoms with van der Waals surface area (Å²) >= 11 is 0. The van der Waals surface area contributed by atoms with Gasteiger partial charge in [0.2, 0.25) is 0 Å². The molecule has 104 valence electrons. The maximum Gasteiger partial charge on any atom is 0.150 e. The smallest absolute Gasteiger partial charge is 0.150 e. The van der Waals surface area contributed by atoms with Gasteiger partial charge in [-0.05, 0) is 31.0 Å². The lowest BCUT2D eigenvalue weighted by Gasteiger charge is -2.36. The van der Waals surface area contributed by atoms with Crippen LogP contribution in [0.5, 0.6) is 0 Å². The molecule has 0 saturated heterocycles. The molecule has 1 saturated carbocycles. The molecule has 0 heterocycles. The van der Waals surface area contributed by atoms with Gasteiger partial charge in [0.25, 0.3) is 0 Å². The first kappa shape index (κ1) is 14.0. The lowest BCUT2D eigenvalue weighted by atomic mass is 9.93. The summed E-state index contributed by atoms with van der Waals surface area (Å²) in [4.78, 5) is 12.9. The molecule has 3 nitrogen and oxygen atoms in total. The number of halogens is 1. The number of aldehydes is 1. The Bertz CT molecular complexity index is 430. The quantitative estimate of drug-likeness (QED) is 0.832. The predicted molar refractivity (Wildman–Crippen MR) is 73.1 cm³/mol. The van der Waals surface area contributed by atoms with Gasteiger partial charge >= 0.3 is 0 Å². The summed E-state index contributed by atoms with van der Waals surface area (Å²) < 4.78 is 13.5. The Kier molecular flexibility index (Phi) is 4.91. The van der Waals surface area contributed by atoms with E-state index in [-0.39, 0.29) is 6.61 Å². The molecule has 1 N–H and O–H groups in total. The molecule has 1 aliphatic carbocycles. The van der Waals surface area contributed by atoms with Crippen LogP contribution in [0.25, 0.3) is 0 Å². The zero-order valence-corrected chi connectivity index (χ0v) is 11.0. The summed E-state index contributed by atoms with van der Waals surface area (Å²) in [6, 6.07) is 4.70. The van der Waals surface area contributed by atoms with Crippen LogP contribution in [0, 0.1) is 5.82 Å². The van der Waals surface area contributed by atoms with E-state index >= 15 is 0 Å². The van der Waals surface area contributed by atoms with Crippen molar-refractivity contribution < 1.29 is 14.3 Å². The molecule has 0 radical (unpaired) electrons. The number of aliphatic hydroxyl groups is 1. The summed E-state index contributed by atoms with van der Waals surface area (Å²) in [5.41, 5.74) is 1.04. The van der Waals surface area contributed by atoms with E-state index in [1.165, 1.54) is 31.4 Å². The highest BCUT2D eigenvalue weighted by Crippen LogP contribution is 2.28. The SMILES string of the molecule is O=Cc1cc(F)cc(N(CCO)C2CCCCC2)c1. The maximum absolute atomic E-state index is 13.5. The fourth-order valence-electron chi connectivity index (χ4n) is 2.85. The lowest BCUT2D eigenvalue weighted by Crippen LogP contribution is -2.39. The van der Waals surface area contributed by atoms with Crippen LogP contribution in [0.15, 0.2) is 18.2 Å². The molecule has 1 fully saturated rings. The Morgan fingerprint density at radius 3 is 2.63 bits per heavy atom. The summed E-state index contributed by atoms with van der Waals surface area (Å²) in [5, 5.41) is 9.22. The van der Waals surface area contributed by atoms with Crippen molar-refractivity contribution in [3.8, 4) is 0 Å². The van der Waals surface area contributed by atoms with Crippen LogP contribution >= 0.6 is 0 Å². The van der Waals surface area contributed by atoms with Gasteiger partial charge in [-0.3, -0.25) is 4.79 Å². The van der Waals surface area contributed by atoms with Crippen molar-refractivity contribution in [1.29, 1.82) is 0 Å². The minimum atomic E-state index is -0.404. The molecule has 0 spiro atoms. The minimum Gasteiger partial charge on any atom is -0.395 e. The van der Waals surface area contributed by atoms with Crippen LogP contribution in [-0.4, -0.2) is 30.6 Å². The first-order valence-electron chi connectivity index (χ1n) is 6.88. The van der Waals surface area contributed by atoms with E-state index in [1.807, 2.05) is 4.90 Å². The summed E-state index contributed by atoms with van der Waals surface area (Å²) in [5.74, 6) is -0.404. The van der Waals surface area contributed by atoms with E-state index in [1.54, 1.807) is 6.07 Å². The third-order valence-electron chi connectivity index (χ3n) is 3.73. The van der Waals surface area contributed by atoms with Gasteiger partial charge in [0.15, 0.2) is 0 Å². The van der Waals surface area contributed by atoms with Gasteiger partial charge in [0.05, 0.1) is 6.61 Å². The zero-order chi connectivity index (χ0) is 13.7. The molecular formula is C15H20FNO2. The molecular weight excluding hydrogens is 245 g/mol. The number of benzene rings is 1. The van der Waals surface area contributed by atoms with Gasteiger partial charge in [0, 0.05) is 23.8 Å². The molecule has 2 rings (SSSR count). The van der Waals surface area contributed by atoms with E-state index < -0.39 is 5.82 Å². The molecule has 0 aromatic heterocycles.